The molecule has 1 amide bonds. The Bertz CT molecular complexity index is 660. The minimum atomic E-state index is -1.46. The highest BCUT2D eigenvalue weighted by Gasteiger charge is 2.17. The first-order chi connectivity index (χ1) is 11.4. The zero-order chi connectivity index (χ0) is 17.6. The van der Waals surface area contributed by atoms with Crippen molar-refractivity contribution in [3.63, 3.8) is 0 Å². The molecule has 0 saturated carbocycles. The number of carbonyl (C=O) groups excluding carboxylic acids is 1. The van der Waals surface area contributed by atoms with Gasteiger partial charge in [0.05, 0.1) is 6.04 Å². The number of hydrogen-bond acceptors (Lipinski definition) is 3. The van der Waals surface area contributed by atoms with Crippen LogP contribution in [0.15, 0.2) is 60.2 Å². The molecule has 0 aromatic heterocycles. The van der Waals surface area contributed by atoms with E-state index in [1.807, 2.05) is 30.3 Å². The summed E-state index contributed by atoms with van der Waals surface area (Å²) in [5.74, 6) is 0.322. The van der Waals surface area contributed by atoms with Gasteiger partial charge < -0.3 is 15.8 Å². The first-order valence-electron chi connectivity index (χ1n) is 7.87. The molecule has 1 unspecified atom stereocenters. The quantitative estimate of drug-likeness (QED) is 0.808. The molecule has 1 aliphatic rings. The predicted molar refractivity (Wildman–Crippen MR) is 93.3 cm³/mol. The summed E-state index contributed by atoms with van der Waals surface area (Å²) < 4.78 is 19.8. The van der Waals surface area contributed by atoms with Crippen LogP contribution in [0.25, 0.3) is 0 Å². The summed E-state index contributed by atoms with van der Waals surface area (Å²) in [6.45, 7) is 4.07. The SMILES string of the molecule is C[C@H](NCc1ccc(OCC2=CC(C)(F)C=CC=C2)cc1)C(N)=O. The zero-order valence-corrected chi connectivity index (χ0v) is 14.0. The molecule has 0 bridgehead atoms. The van der Waals surface area contributed by atoms with Crippen molar-refractivity contribution in [2.24, 2.45) is 5.73 Å². The Hall–Kier alpha value is -2.40. The van der Waals surface area contributed by atoms with Crippen LogP contribution in [0.3, 0.4) is 0 Å². The van der Waals surface area contributed by atoms with Gasteiger partial charge in [0.1, 0.15) is 18.0 Å². The van der Waals surface area contributed by atoms with Crippen molar-refractivity contribution in [1.29, 1.82) is 0 Å². The van der Waals surface area contributed by atoms with Crippen molar-refractivity contribution in [2.45, 2.75) is 32.1 Å². The third-order valence-electron chi connectivity index (χ3n) is 3.68. The lowest BCUT2D eigenvalue weighted by molar-refractivity contribution is -0.119. The van der Waals surface area contributed by atoms with Gasteiger partial charge >= 0.3 is 0 Å². The second-order valence-electron chi connectivity index (χ2n) is 6.03. The van der Waals surface area contributed by atoms with Crippen LogP contribution in [0.1, 0.15) is 19.4 Å². The van der Waals surface area contributed by atoms with Crippen molar-refractivity contribution < 1.29 is 13.9 Å². The number of amides is 1. The first kappa shape index (κ1) is 17.9. The Morgan fingerprint density at radius 1 is 1.33 bits per heavy atom. The molecule has 1 aromatic carbocycles. The van der Waals surface area contributed by atoms with E-state index in [0.29, 0.717) is 18.9 Å². The van der Waals surface area contributed by atoms with E-state index in [4.69, 9.17) is 10.5 Å². The lowest BCUT2D eigenvalue weighted by Crippen LogP contribution is -2.38. The van der Waals surface area contributed by atoms with Gasteiger partial charge in [0.15, 0.2) is 0 Å². The Kier molecular flexibility index (Phi) is 5.93. The van der Waals surface area contributed by atoms with Crippen molar-refractivity contribution in [2.75, 3.05) is 6.61 Å². The molecule has 0 fully saturated rings. The molecule has 4 nitrogen and oxygen atoms in total. The molecule has 2 rings (SSSR count). The molecule has 0 radical (unpaired) electrons. The van der Waals surface area contributed by atoms with Crippen molar-refractivity contribution in [3.05, 3.63) is 65.8 Å². The molecule has 0 heterocycles. The molecule has 128 valence electrons. The molecule has 24 heavy (non-hydrogen) atoms. The van der Waals surface area contributed by atoms with E-state index < -0.39 is 5.67 Å². The predicted octanol–water partition coefficient (Wildman–Crippen LogP) is 2.81. The standard InChI is InChI=1S/C19H23FN2O2/c1-14(18(21)23)22-12-15-6-8-17(9-7-15)24-13-16-5-3-4-10-19(2,20)11-16/h3-11,14,22H,12-13H2,1-2H3,(H2,21,23)/t14-,19?/m0/s1. The molecular formula is C19H23FN2O2. The Balaban J connectivity index is 1.88. The Morgan fingerprint density at radius 2 is 2.04 bits per heavy atom. The lowest BCUT2D eigenvalue weighted by Gasteiger charge is -2.13. The number of rotatable bonds is 7. The van der Waals surface area contributed by atoms with Gasteiger partial charge in [0.2, 0.25) is 5.91 Å². The van der Waals surface area contributed by atoms with E-state index in [9.17, 15) is 9.18 Å². The largest absolute Gasteiger partial charge is 0.489 e. The van der Waals surface area contributed by atoms with E-state index in [1.54, 1.807) is 25.2 Å². The van der Waals surface area contributed by atoms with Crippen LogP contribution >= 0.6 is 0 Å². The maximum absolute atomic E-state index is 14.1. The van der Waals surface area contributed by atoms with E-state index in [1.165, 1.54) is 13.0 Å². The minimum absolute atomic E-state index is 0.300. The van der Waals surface area contributed by atoms with Gasteiger partial charge in [-0.05, 0) is 49.3 Å². The second-order valence-corrected chi connectivity index (χ2v) is 6.03. The molecule has 0 saturated heterocycles. The van der Waals surface area contributed by atoms with Crippen LogP contribution in [0.4, 0.5) is 4.39 Å². The summed E-state index contributed by atoms with van der Waals surface area (Å²) in [5, 5.41) is 3.04. The maximum Gasteiger partial charge on any atom is 0.234 e. The molecule has 1 aromatic rings. The van der Waals surface area contributed by atoms with Crippen LogP contribution in [-0.4, -0.2) is 24.2 Å². The third-order valence-corrected chi connectivity index (χ3v) is 3.68. The highest BCUT2D eigenvalue weighted by molar-refractivity contribution is 5.79. The van der Waals surface area contributed by atoms with Crippen LogP contribution in [0.5, 0.6) is 5.75 Å². The number of carbonyl (C=O) groups is 1. The number of allylic oxidation sites excluding steroid dienone is 4. The molecular weight excluding hydrogens is 307 g/mol. The van der Waals surface area contributed by atoms with E-state index in [-0.39, 0.29) is 11.9 Å². The lowest BCUT2D eigenvalue weighted by atomic mass is 10.1. The highest BCUT2D eigenvalue weighted by atomic mass is 19.1. The van der Waals surface area contributed by atoms with Gasteiger partial charge in [-0.3, -0.25) is 4.79 Å². The summed E-state index contributed by atoms with van der Waals surface area (Å²) in [5.41, 5.74) is 5.54. The third kappa shape index (κ3) is 5.66. The summed E-state index contributed by atoms with van der Waals surface area (Å²) in [6.07, 6.45) is 8.39. The molecule has 1 aliphatic carbocycles. The number of hydrogen-bond donors (Lipinski definition) is 2. The molecule has 5 heteroatoms. The number of nitrogens with one attached hydrogen (secondary N) is 1. The van der Waals surface area contributed by atoms with E-state index >= 15 is 0 Å². The van der Waals surface area contributed by atoms with Gasteiger partial charge in [-0.25, -0.2) is 4.39 Å². The average Bonchev–Trinajstić information content (AvgIpc) is 2.71. The topological polar surface area (TPSA) is 64.3 Å². The number of primary amides is 1. The maximum atomic E-state index is 14.1. The van der Waals surface area contributed by atoms with Crippen LogP contribution in [0, 0.1) is 0 Å². The van der Waals surface area contributed by atoms with Gasteiger partial charge in [-0.1, -0.05) is 30.4 Å². The molecule has 3 N–H and O–H groups in total. The Morgan fingerprint density at radius 3 is 2.71 bits per heavy atom. The smallest absolute Gasteiger partial charge is 0.234 e. The summed E-state index contributed by atoms with van der Waals surface area (Å²) in [6, 6.07) is 7.14. The highest BCUT2D eigenvalue weighted by Crippen LogP contribution is 2.21. The van der Waals surface area contributed by atoms with Gasteiger partial charge in [-0.15, -0.1) is 0 Å². The summed E-state index contributed by atoms with van der Waals surface area (Å²) in [4.78, 5) is 11.0. The number of nitrogens with two attached hydrogens (primary N) is 1. The zero-order valence-electron chi connectivity index (χ0n) is 14.0. The average molecular weight is 330 g/mol. The minimum Gasteiger partial charge on any atom is -0.489 e. The molecule has 2 atom stereocenters. The summed E-state index contributed by atoms with van der Waals surface area (Å²) in [7, 11) is 0. The monoisotopic (exact) mass is 330 g/mol. The van der Waals surface area contributed by atoms with Gasteiger partial charge in [0, 0.05) is 6.54 Å². The fraction of sp³-hybridized carbons (Fsp3) is 0.316. The summed E-state index contributed by atoms with van der Waals surface area (Å²) >= 11 is 0. The second kappa shape index (κ2) is 7.93. The van der Waals surface area contributed by atoms with E-state index in [2.05, 4.69) is 5.32 Å². The fourth-order valence-corrected chi connectivity index (χ4v) is 2.21. The van der Waals surface area contributed by atoms with Crippen molar-refractivity contribution in [3.8, 4) is 5.75 Å². The number of halogens is 1. The van der Waals surface area contributed by atoms with Crippen molar-refractivity contribution in [1.82, 2.24) is 5.32 Å². The number of benzene rings is 1. The van der Waals surface area contributed by atoms with Crippen molar-refractivity contribution >= 4 is 5.91 Å². The Labute approximate surface area is 141 Å². The fourth-order valence-electron chi connectivity index (χ4n) is 2.21. The van der Waals surface area contributed by atoms with Crippen LogP contribution in [-0.2, 0) is 11.3 Å². The molecule has 0 spiro atoms. The van der Waals surface area contributed by atoms with Gasteiger partial charge in [0.25, 0.3) is 0 Å². The normalized spacial score (nSPS) is 21.0. The van der Waals surface area contributed by atoms with Crippen LogP contribution < -0.4 is 15.8 Å². The van der Waals surface area contributed by atoms with Gasteiger partial charge in [-0.2, -0.15) is 0 Å². The number of alkyl halides is 1. The first-order valence-corrected chi connectivity index (χ1v) is 7.87. The molecule has 0 aliphatic heterocycles. The van der Waals surface area contributed by atoms with E-state index in [0.717, 1.165) is 11.1 Å². The number of ether oxygens (including phenoxy) is 1. The van der Waals surface area contributed by atoms with Crippen LogP contribution in [0.2, 0.25) is 0 Å².